The summed E-state index contributed by atoms with van der Waals surface area (Å²) < 4.78 is 1.58. The van der Waals surface area contributed by atoms with E-state index >= 15 is 0 Å². The second kappa shape index (κ2) is 7.09. The quantitative estimate of drug-likeness (QED) is 0.555. The molecule has 1 aromatic heterocycles. The lowest BCUT2D eigenvalue weighted by molar-refractivity contribution is 0.192. The van der Waals surface area contributed by atoms with Crippen LogP contribution in [0.3, 0.4) is 0 Å². The number of rotatable bonds is 3. The Bertz CT molecular complexity index is 1190. The summed E-state index contributed by atoms with van der Waals surface area (Å²) >= 11 is 0. The van der Waals surface area contributed by atoms with Crippen molar-refractivity contribution in [3.05, 3.63) is 83.3 Å². The minimum absolute atomic E-state index is 0.0189. The zero-order valence-corrected chi connectivity index (χ0v) is 15.7. The van der Waals surface area contributed by atoms with Crippen LogP contribution in [0.5, 0.6) is 0 Å². The average molecular weight is 370 g/mol. The van der Waals surface area contributed by atoms with Gasteiger partial charge < -0.3 is 4.90 Å². The fourth-order valence-electron chi connectivity index (χ4n) is 4.03. The molecule has 0 bridgehead atoms. The maximum absolute atomic E-state index is 12.7. The summed E-state index contributed by atoms with van der Waals surface area (Å²) in [5, 5.41) is 8.56. The Hall–Kier alpha value is -3.18. The molecule has 5 heteroatoms. The Morgan fingerprint density at radius 2 is 1.43 bits per heavy atom. The van der Waals surface area contributed by atoms with Gasteiger partial charge in [-0.3, -0.25) is 9.69 Å². The largest absolute Gasteiger partial charge is 0.368 e. The second-order valence-corrected chi connectivity index (χ2v) is 7.28. The lowest BCUT2D eigenvalue weighted by atomic mass is 10.1. The summed E-state index contributed by atoms with van der Waals surface area (Å²) in [6, 6.07) is 22.6. The second-order valence-electron chi connectivity index (χ2n) is 7.28. The van der Waals surface area contributed by atoms with E-state index in [0.717, 1.165) is 37.0 Å². The molecule has 4 aromatic rings. The lowest BCUT2D eigenvalue weighted by Crippen LogP contribution is -2.48. The number of piperazine rings is 1. The van der Waals surface area contributed by atoms with Gasteiger partial charge in [0.15, 0.2) is 0 Å². The molecule has 0 radical (unpaired) electrons. The summed E-state index contributed by atoms with van der Waals surface area (Å²) in [6.07, 6.45) is 1.78. The highest BCUT2D eigenvalue weighted by Gasteiger charge is 2.19. The number of hydrogen-bond acceptors (Lipinski definition) is 4. The first kappa shape index (κ1) is 17.0. The summed E-state index contributed by atoms with van der Waals surface area (Å²) in [5.74, 6) is 0. The van der Waals surface area contributed by atoms with Crippen molar-refractivity contribution in [2.45, 2.75) is 6.67 Å². The van der Waals surface area contributed by atoms with Crippen LogP contribution < -0.4 is 10.5 Å². The molecule has 0 N–H and O–H groups in total. The van der Waals surface area contributed by atoms with Crippen LogP contribution in [0.2, 0.25) is 0 Å². The van der Waals surface area contributed by atoms with Crippen molar-refractivity contribution in [2.75, 3.05) is 31.1 Å². The first-order valence-electron chi connectivity index (χ1n) is 9.69. The first-order valence-corrected chi connectivity index (χ1v) is 9.69. The average Bonchev–Trinajstić information content (AvgIpc) is 2.76. The van der Waals surface area contributed by atoms with Crippen molar-refractivity contribution in [2.24, 2.45) is 0 Å². The van der Waals surface area contributed by atoms with E-state index in [2.05, 4.69) is 57.4 Å². The molecule has 0 aliphatic carbocycles. The molecule has 5 rings (SSSR count). The predicted molar refractivity (Wildman–Crippen MR) is 114 cm³/mol. The van der Waals surface area contributed by atoms with Crippen LogP contribution in [-0.4, -0.2) is 40.9 Å². The van der Waals surface area contributed by atoms with Crippen molar-refractivity contribution in [1.29, 1.82) is 0 Å². The van der Waals surface area contributed by atoms with Gasteiger partial charge in [-0.1, -0.05) is 54.6 Å². The Balaban J connectivity index is 1.33. The van der Waals surface area contributed by atoms with E-state index in [1.807, 2.05) is 24.3 Å². The Kier molecular flexibility index (Phi) is 4.29. The fraction of sp³-hybridized carbons (Fsp3) is 0.217. The summed E-state index contributed by atoms with van der Waals surface area (Å²) in [5.41, 5.74) is 1.27. The number of nitrogens with zero attached hydrogens (tertiary/aromatic N) is 4. The zero-order valence-electron chi connectivity index (χ0n) is 15.7. The third-order valence-corrected chi connectivity index (χ3v) is 5.58. The zero-order chi connectivity index (χ0) is 18.9. The normalized spacial score (nSPS) is 15.4. The summed E-state index contributed by atoms with van der Waals surface area (Å²) in [4.78, 5) is 17.4. The summed E-state index contributed by atoms with van der Waals surface area (Å²) in [6.45, 7) is 4.23. The molecule has 3 aromatic carbocycles. The molecular formula is C23H22N4O. The minimum Gasteiger partial charge on any atom is -0.368 e. The van der Waals surface area contributed by atoms with Crippen LogP contribution in [-0.2, 0) is 6.67 Å². The van der Waals surface area contributed by atoms with Crippen molar-refractivity contribution >= 4 is 27.2 Å². The number of benzene rings is 3. The standard InChI is InChI=1S/C23H22N4O/c28-23-21-10-4-2-7-19(21)16-24-27(23)17-25-12-14-26(15-13-25)22-11-5-8-18-6-1-3-9-20(18)22/h1-11,16H,12-15,17H2. The van der Waals surface area contributed by atoms with Gasteiger partial charge >= 0.3 is 0 Å². The van der Waals surface area contributed by atoms with Crippen LogP contribution in [0.1, 0.15) is 0 Å². The van der Waals surface area contributed by atoms with Gasteiger partial charge in [0.05, 0.1) is 18.3 Å². The van der Waals surface area contributed by atoms with E-state index in [9.17, 15) is 4.79 Å². The predicted octanol–water partition coefficient (Wildman–Crippen LogP) is 3.33. The highest BCUT2D eigenvalue weighted by Crippen LogP contribution is 2.27. The monoisotopic (exact) mass is 370 g/mol. The molecule has 0 unspecified atom stereocenters. The Morgan fingerprint density at radius 1 is 0.750 bits per heavy atom. The van der Waals surface area contributed by atoms with E-state index in [4.69, 9.17) is 0 Å². The smallest absolute Gasteiger partial charge is 0.275 e. The molecular weight excluding hydrogens is 348 g/mol. The maximum atomic E-state index is 12.7. The molecule has 1 saturated heterocycles. The van der Waals surface area contributed by atoms with Gasteiger partial charge in [0.2, 0.25) is 0 Å². The van der Waals surface area contributed by atoms with Gasteiger partial charge in [-0.2, -0.15) is 5.10 Å². The number of anilines is 1. The maximum Gasteiger partial charge on any atom is 0.275 e. The van der Waals surface area contributed by atoms with E-state index in [1.165, 1.54) is 16.5 Å². The topological polar surface area (TPSA) is 41.4 Å². The van der Waals surface area contributed by atoms with Crippen molar-refractivity contribution in [3.8, 4) is 0 Å². The Morgan fingerprint density at radius 3 is 2.25 bits per heavy atom. The molecule has 5 nitrogen and oxygen atoms in total. The molecule has 0 saturated carbocycles. The van der Waals surface area contributed by atoms with Crippen LogP contribution in [0.4, 0.5) is 5.69 Å². The van der Waals surface area contributed by atoms with Crippen molar-refractivity contribution in [1.82, 2.24) is 14.7 Å². The third kappa shape index (κ3) is 3.04. The van der Waals surface area contributed by atoms with Crippen LogP contribution >= 0.6 is 0 Å². The van der Waals surface area contributed by atoms with Gasteiger partial charge in [0.1, 0.15) is 0 Å². The molecule has 0 spiro atoms. The SMILES string of the molecule is O=c1c2ccccc2cnn1CN1CCN(c2cccc3ccccc23)CC1. The number of fused-ring (bicyclic) bond motifs is 2. The van der Waals surface area contributed by atoms with E-state index in [-0.39, 0.29) is 5.56 Å². The van der Waals surface area contributed by atoms with Crippen LogP contribution in [0.25, 0.3) is 21.5 Å². The fourth-order valence-corrected chi connectivity index (χ4v) is 4.03. The van der Waals surface area contributed by atoms with E-state index in [1.54, 1.807) is 10.9 Å². The van der Waals surface area contributed by atoms with Crippen LogP contribution in [0.15, 0.2) is 77.7 Å². The highest BCUT2D eigenvalue weighted by molar-refractivity contribution is 5.94. The number of aromatic nitrogens is 2. The molecule has 28 heavy (non-hydrogen) atoms. The number of hydrogen-bond donors (Lipinski definition) is 0. The van der Waals surface area contributed by atoms with Gasteiger partial charge in [0.25, 0.3) is 5.56 Å². The molecule has 1 fully saturated rings. The van der Waals surface area contributed by atoms with Gasteiger partial charge in [-0.25, -0.2) is 4.68 Å². The van der Waals surface area contributed by atoms with Crippen molar-refractivity contribution in [3.63, 3.8) is 0 Å². The molecule has 140 valence electrons. The molecule has 0 atom stereocenters. The molecule has 1 aliphatic heterocycles. The lowest BCUT2D eigenvalue weighted by Gasteiger charge is -2.36. The van der Waals surface area contributed by atoms with Crippen molar-refractivity contribution < 1.29 is 0 Å². The van der Waals surface area contributed by atoms with E-state index < -0.39 is 0 Å². The molecule has 1 aliphatic rings. The van der Waals surface area contributed by atoms with E-state index in [0.29, 0.717) is 6.67 Å². The Labute approximate surface area is 163 Å². The van der Waals surface area contributed by atoms with Gasteiger partial charge in [-0.15, -0.1) is 0 Å². The summed E-state index contributed by atoms with van der Waals surface area (Å²) in [7, 11) is 0. The minimum atomic E-state index is -0.0189. The van der Waals surface area contributed by atoms with Crippen LogP contribution in [0, 0.1) is 0 Å². The van der Waals surface area contributed by atoms with Gasteiger partial charge in [0, 0.05) is 42.6 Å². The first-order chi connectivity index (χ1) is 13.8. The molecule has 2 heterocycles. The molecule has 0 amide bonds. The highest BCUT2D eigenvalue weighted by atomic mass is 16.1. The third-order valence-electron chi connectivity index (χ3n) is 5.58. The van der Waals surface area contributed by atoms with Gasteiger partial charge in [-0.05, 0) is 17.5 Å².